The Morgan fingerprint density at radius 3 is 2.63 bits per heavy atom. The molecule has 0 saturated heterocycles. The van der Waals surface area contributed by atoms with E-state index in [1.807, 2.05) is 24.3 Å². The molecule has 3 aromatic rings. The van der Waals surface area contributed by atoms with Crippen LogP contribution in [-0.2, 0) is 0 Å². The van der Waals surface area contributed by atoms with Crippen molar-refractivity contribution >= 4 is 22.5 Å². The first kappa shape index (κ1) is 11.0. The SMILES string of the molecule is C[C@H]1c2ccccc2-c2nc3ccccc3c(Cl)c21. The highest BCUT2D eigenvalue weighted by Gasteiger charge is 2.29. The molecule has 0 saturated carbocycles. The fraction of sp³-hybridized carbons (Fsp3) is 0.118. The summed E-state index contributed by atoms with van der Waals surface area (Å²) in [4.78, 5) is 4.82. The topological polar surface area (TPSA) is 12.9 Å². The lowest BCUT2D eigenvalue weighted by molar-refractivity contribution is 0.956. The van der Waals surface area contributed by atoms with Crippen LogP contribution in [0.4, 0.5) is 0 Å². The van der Waals surface area contributed by atoms with Crippen LogP contribution in [0.15, 0.2) is 48.5 Å². The zero-order chi connectivity index (χ0) is 13.0. The number of para-hydroxylation sites is 1. The van der Waals surface area contributed by atoms with Crippen molar-refractivity contribution < 1.29 is 0 Å². The average Bonchev–Trinajstić information content (AvgIpc) is 2.74. The zero-order valence-electron chi connectivity index (χ0n) is 10.5. The maximum Gasteiger partial charge on any atom is 0.0765 e. The molecule has 0 aliphatic heterocycles. The fourth-order valence-corrected chi connectivity index (χ4v) is 3.45. The summed E-state index contributed by atoms with van der Waals surface area (Å²) in [5.41, 5.74) is 5.73. The van der Waals surface area contributed by atoms with Gasteiger partial charge in [0.25, 0.3) is 0 Å². The molecule has 92 valence electrons. The normalized spacial score (nSPS) is 16.4. The molecule has 0 spiro atoms. The Morgan fingerprint density at radius 1 is 1.00 bits per heavy atom. The molecule has 0 fully saturated rings. The van der Waals surface area contributed by atoms with E-state index in [9.17, 15) is 0 Å². The van der Waals surface area contributed by atoms with E-state index in [1.165, 1.54) is 16.7 Å². The average molecular weight is 266 g/mol. The van der Waals surface area contributed by atoms with Crippen LogP contribution in [0.2, 0.25) is 5.02 Å². The van der Waals surface area contributed by atoms with Gasteiger partial charge in [-0.25, -0.2) is 4.98 Å². The summed E-state index contributed by atoms with van der Waals surface area (Å²) in [6, 6.07) is 16.5. The van der Waals surface area contributed by atoms with E-state index in [2.05, 4.69) is 31.2 Å². The van der Waals surface area contributed by atoms with E-state index < -0.39 is 0 Å². The summed E-state index contributed by atoms with van der Waals surface area (Å²) in [5, 5.41) is 1.90. The number of benzene rings is 2. The van der Waals surface area contributed by atoms with E-state index in [1.54, 1.807) is 0 Å². The summed E-state index contributed by atoms with van der Waals surface area (Å²) >= 11 is 6.63. The molecule has 4 rings (SSSR count). The molecule has 0 amide bonds. The smallest absolute Gasteiger partial charge is 0.0765 e. The fourth-order valence-electron chi connectivity index (χ4n) is 3.03. The first-order valence-corrected chi connectivity index (χ1v) is 6.82. The summed E-state index contributed by atoms with van der Waals surface area (Å²) < 4.78 is 0. The van der Waals surface area contributed by atoms with Crippen LogP contribution in [0.5, 0.6) is 0 Å². The highest BCUT2D eigenvalue weighted by Crippen LogP contribution is 2.48. The number of aromatic nitrogens is 1. The van der Waals surface area contributed by atoms with Crippen molar-refractivity contribution in [2.24, 2.45) is 0 Å². The van der Waals surface area contributed by atoms with Crippen molar-refractivity contribution in [1.29, 1.82) is 0 Å². The minimum absolute atomic E-state index is 0.316. The molecule has 2 aromatic carbocycles. The van der Waals surface area contributed by atoms with Gasteiger partial charge in [0.15, 0.2) is 0 Å². The number of hydrogen-bond acceptors (Lipinski definition) is 1. The first-order chi connectivity index (χ1) is 9.27. The highest BCUT2D eigenvalue weighted by atomic mass is 35.5. The Bertz CT molecular complexity index is 807. The van der Waals surface area contributed by atoms with Crippen molar-refractivity contribution in [3.05, 3.63) is 64.7 Å². The van der Waals surface area contributed by atoms with E-state index in [-0.39, 0.29) is 0 Å². The molecule has 1 atom stereocenters. The number of hydrogen-bond donors (Lipinski definition) is 0. The van der Waals surface area contributed by atoms with Crippen LogP contribution in [0.1, 0.15) is 24.0 Å². The maximum atomic E-state index is 6.63. The zero-order valence-corrected chi connectivity index (χ0v) is 11.3. The van der Waals surface area contributed by atoms with E-state index in [0.717, 1.165) is 21.6 Å². The molecular weight excluding hydrogens is 254 g/mol. The van der Waals surface area contributed by atoms with Gasteiger partial charge in [0.2, 0.25) is 0 Å². The molecule has 0 unspecified atom stereocenters. The lowest BCUT2D eigenvalue weighted by Crippen LogP contribution is -1.93. The predicted octanol–water partition coefficient (Wildman–Crippen LogP) is 5.02. The largest absolute Gasteiger partial charge is 0.247 e. The lowest BCUT2D eigenvalue weighted by atomic mass is 9.99. The van der Waals surface area contributed by atoms with E-state index >= 15 is 0 Å². The molecule has 1 heterocycles. The molecule has 0 bridgehead atoms. The van der Waals surface area contributed by atoms with Gasteiger partial charge in [-0.3, -0.25) is 0 Å². The van der Waals surface area contributed by atoms with Crippen LogP contribution in [0.25, 0.3) is 22.2 Å². The van der Waals surface area contributed by atoms with E-state index in [4.69, 9.17) is 16.6 Å². The van der Waals surface area contributed by atoms with Crippen molar-refractivity contribution in [2.45, 2.75) is 12.8 Å². The summed E-state index contributed by atoms with van der Waals surface area (Å²) in [5.74, 6) is 0.316. The standard InChI is InChI=1S/C17H12ClN/c1-10-11-6-2-3-7-12(11)17-15(10)16(18)13-8-4-5-9-14(13)19-17/h2-10H,1H3/t10-/m0/s1. The Hall–Kier alpha value is -1.86. The Labute approximate surface area is 116 Å². The van der Waals surface area contributed by atoms with Crippen LogP contribution in [0.3, 0.4) is 0 Å². The predicted molar refractivity (Wildman–Crippen MR) is 79.7 cm³/mol. The van der Waals surface area contributed by atoms with Crippen LogP contribution < -0.4 is 0 Å². The van der Waals surface area contributed by atoms with Gasteiger partial charge in [0.1, 0.15) is 0 Å². The third-order valence-corrected chi connectivity index (χ3v) is 4.39. The quantitative estimate of drug-likeness (QED) is 0.556. The second-order valence-corrected chi connectivity index (χ2v) is 5.39. The number of halogens is 1. The van der Waals surface area contributed by atoms with Gasteiger partial charge in [-0.15, -0.1) is 0 Å². The maximum absolute atomic E-state index is 6.63. The highest BCUT2D eigenvalue weighted by molar-refractivity contribution is 6.36. The molecule has 0 radical (unpaired) electrons. The van der Waals surface area contributed by atoms with Gasteiger partial charge in [-0.05, 0) is 11.6 Å². The number of rotatable bonds is 0. The minimum Gasteiger partial charge on any atom is -0.247 e. The van der Waals surface area contributed by atoms with Gasteiger partial charge in [0, 0.05) is 22.4 Å². The number of fused-ring (bicyclic) bond motifs is 4. The molecule has 2 heteroatoms. The second kappa shape index (κ2) is 3.82. The van der Waals surface area contributed by atoms with Crippen LogP contribution in [0, 0.1) is 0 Å². The minimum atomic E-state index is 0.316. The third kappa shape index (κ3) is 1.39. The van der Waals surface area contributed by atoms with Crippen molar-refractivity contribution in [2.75, 3.05) is 0 Å². The summed E-state index contributed by atoms with van der Waals surface area (Å²) in [6.45, 7) is 2.20. The van der Waals surface area contributed by atoms with Gasteiger partial charge >= 0.3 is 0 Å². The molecule has 1 nitrogen and oxygen atoms in total. The van der Waals surface area contributed by atoms with Crippen LogP contribution in [-0.4, -0.2) is 4.98 Å². The van der Waals surface area contributed by atoms with Gasteiger partial charge in [-0.1, -0.05) is 61.0 Å². The summed E-state index contributed by atoms with van der Waals surface area (Å²) in [6.07, 6.45) is 0. The van der Waals surface area contributed by atoms with Crippen LogP contribution >= 0.6 is 11.6 Å². The Morgan fingerprint density at radius 2 is 1.74 bits per heavy atom. The van der Waals surface area contributed by atoms with Crippen molar-refractivity contribution in [1.82, 2.24) is 4.98 Å². The van der Waals surface area contributed by atoms with Gasteiger partial charge in [0.05, 0.1) is 16.2 Å². The van der Waals surface area contributed by atoms with Crippen molar-refractivity contribution in [3.63, 3.8) is 0 Å². The monoisotopic (exact) mass is 265 g/mol. The second-order valence-electron chi connectivity index (χ2n) is 5.01. The lowest BCUT2D eigenvalue weighted by Gasteiger charge is -2.10. The third-order valence-electron chi connectivity index (χ3n) is 3.98. The molecule has 1 aliphatic carbocycles. The first-order valence-electron chi connectivity index (χ1n) is 6.45. The number of pyridine rings is 1. The Balaban J connectivity index is 2.16. The molecule has 0 N–H and O–H groups in total. The molecule has 19 heavy (non-hydrogen) atoms. The van der Waals surface area contributed by atoms with Gasteiger partial charge < -0.3 is 0 Å². The van der Waals surface area contributed by atoms with E-state index in [0.29, 0.717) is 5.92 Å². The van der Waals surface area contributed by atoms with Gasteiger partial charge in [-0.2, -0.15) is 0 Å². The van der Waals surface area contributed by atoms with Crippen molar-refractivity contribution in [3.8, 4) is 11.3 Å². The molecular formula is C17H12ClN. The number of nitrogens with zero attached hydrogens (tertiary/aromatic N) is 1. The molecule has 1 aromatic heterocycles. The Kier molecular flexibility index (Phi) is 2.21. The summed E-state index contributed by atoms with van der Waals surface area (Å²) in [7, 11) is 0. The molecule has 1 aliphatic rings.